The van der Waals surface area contributed by atoms with Crippen molar-refractivity contribution in [1.29, 1.82) is 0 Å². The summed E-state index contributed by atoms with van der Waals surface area (Å²) in [4.78, 5) is 72.5. The molecule has 5 unspecified atom stereocenters. The second-order valence-corrected chi connectivity index (χ2v) is 29.3. The monoisotopic (exact) mass is 1320 g/mol. The molecule has 0 rings (SSSR count). The molecule has 90 heavy (non-hydrogen) atoms. The van der Waals surface area contributed by atoms with Crippen LogP contribution in [0.15, 0.2) is 0 Å². The number of phosphoric ester groups is 2. The summed E-state index contributed by atoms with van der Waals surface area (Å²) in [5.41, 5.74) is 0. The van der Waals surface area contributed by atoms with Gasteiger partial charge in [-0.2, -0.15) is 0 Å². The second-order valence-electron chi connectivity index (χ2n) is 26.4. The quantitative estimate of drug-likeness (QED) is 0.0222. The highest BCUT2D eigenvalue weighted by atomic mass is 31.2. The third-order valence-electron chi connectivity index (χ3n) is 17.5. The van der Waals surface area contributed by atoms with Gasteiger partial charge in [0.15, 0.2) is 12.2 Å². The second kappa shape index (κ2) is 61.9. The highest BCUT2D eigenvalue weighted by Crippen LogP contribution is 2.45. The summed E-state index contributed by atoms with van der Waals surface area (Å²) in [6, 6.07) is 0. The maximum Gasteiger partial charge on any atom is 0.472 e. The van der Waals surface area contributed by atoms with E-state index in [1.54, 1.807) is 0 Å². The van der Waals surface area contributed by atoms with Crippen LogP contribution in [0.4, 0.5) is 0 Å². The molecule has 8 atom stereocenters. The Balaban J connectivity index is 5.22. The molecule has 3 N–H and O–H groups in total. The number of aliphatic hydroxyl groups excluding tert-OH is 1. The van der Waals surface area contributed by atoms with E-state index in [-0.39, 0.29) is 25.7 Å². The molecule has 0 aromatic rings. The van der Waals surface area contributed by atoms with E-state index in [1.807, 2.05) is 0 Å². The first-order valence-electron chi connectivity index (χ1n) is 37.0. The van der Waals surface area contributed by atoms with Crippen LogP contribution in [-0.2, 0) is 65.4 Å². The van der Waals surface area contributed by atoms with Crippen LogP contribution in [0.2, 0.25) is 0 Å². The zero-order chi connectivity index (χ0) is 66.6. The topological polar surface area (TPSA) is 237 Å². The Morgan fingerprint density at radius 1 is 0.311 bits per heavy atom. The predicted molar refractivity (Wildman–Crippen MR) is 363 cm³/mol. The minimum Gasteiger partial charge on any atom is -0.462 e. The van der Waals surface area contributed by atoms with Crippen LogP contribution in [0.3, 0.4) is 0 Å². The fourth-order valence-electron chi connectivity index (χ4n) is 10.6. The molecular weight excluding hydrogens is 1190 g/mol. The summed E-state index contributed by atoms with van der Waals surface area (Å²) < 4.78 is 68.2. The molecule has 0 saturated carbocycles. The van der Waals surface area contributed by atoms with Crippen LogP contribution < -0.4 is 0 Å². The van der Waals surface area contributed by atoms with E-state index in [0.717, 1.165) is 114 Å². The van der Waals surface area contributed by atoms with Crippen molar-refractivity contribution in [2.75, 3.05) is 39.6 Å². The van der Waals surface area contributed by atoms with Crippen molar-refractivity contribution in [3.8, 4) is 0 Å². The van der Waals surface area contributed by atoms with Crippen LogP contribution >= 0.6 is 15.6 Å². The van der Waals surface area contributed by atoms with Crippen molar-refractivity contribution < 1.29 is 80.2 Å². The molecule has 0 aliphatic heterocycles. The lowest BCUT2D eigenvalue weighted by Crippen LogP contribution is -2.30. The zero-order valence-electron chi connectivity index (χ0n) is 58.6. The molecule has 0 amide bonds. The van der Waals surface area contributed by atoms with E-state index in [0.29, 0.717) is 25.7 Å². The maximum absolute atomic E-state index is 13.0. The molecule has 0 heterocycles. The number of rotatable bonds is 69. The first kappa shape index (κ1) is 88.1. The summed E-state index contributed by atoms with van der Waals surface area (Å²) in [7, 11) is -9.90. The first-order valence-corrected chi connectivity index (χ1v) is 40.0. The number of hydrogen-bond acceptors (Lipinski definition) is 15. The zero-order valence-corrected chi connectivity index (χ0v) is 60.4. The number of hydrogen-bond donors (Lipinski definition) is 3. The molecule has 0 fully saturated rings. The smallest absolute Gasteiger partial charge is 0.462 e. The summed E-state index contributed by atoms with van der Waals surface area (Å²) in [6.07, 6.45) is 45.8. The molecule has 17 nitrogen and oxygen atoms in total. The Bertz CT molecular complexity index is 1770. The van der Waals surface area contributed by atoms with Gasteiger partial charge in [-0.25, -0.2) is 9.13 Å². The fourth-order valence-corrected chi connectivity index (χ4v) is 12.2. The molecule has 0 aromatic heterocycles. The minimum atomic E-state index is -4.95. The summed E-state index contributed by atoms with van der Waals surface area (Å²) in [5.74, 6) is 0.246. The number of ether oxygens (including phenoxy) is 4. The van der Waals surface area contributed by atoms with Gasteiger partial charge in [0.05, 0.1) is 26.4 Å². The van der Waals surface area contributed by atoms with Gasteiger partial charge >= 0.3 is 39.5 Å². The van der Waals surface area contributed by atoms with E-state index < -0.39 is 97.5 Å². The van der Waals surface area contributed by atoms with Crippen LogP contribution in [0.25, 0.3) is 0 Å². The lowest BCUT2D eigenvalue weighted by molar-refractivity contribution is -0.161. The number of carbonyl (C=O) groups is 4. The van der Waals surface area contributed by atoms with Gasteiger partial charge in [0, 0.05) is 25.7 Å². The maximum atomic E-state index is 13.0. The van der Waals surface area contributed by atoms with E-state index in [4.69, 9.17) is 37.0 Å². The molecule has 0 spiro atoms. The molecule has 0 aromatic carbocycles. The summed E-state index contributed by atoms with van der Waals surface area (Å²) in [6.45, 7) is 11.9. The van der Waals surface area contributed by atoms with Crippen LogP contribution in [0, 0.1) is 17.8 Å². The molecule has 534 valence electrons. The molecule has 0 aliphatic rings. The largest absolute Gasteiger partial charge is 0.472 e. The first-order chi connectivity index (χ1) is 43.3. The van der Waals surface area contributed by atoms with Crippen molar-refractivity contribution >= 4 is 39.5 Å². The highest BCUT2D eigenvalue weighted by molar-refractivity contribution is 7.47. The van der Waals surface area contributed by atoms with Gasteiger partial charge in [0.1, 0.15) is 19.3 Å². The van der Waals surface area contributed by atoms with Crippen molar-refractivity contribution in [1.82, 2.24) is 0 Å². The molecule has 19 heteroatoms. The molecule has 0 saturated heterocycles. The average molecular weight is 1330 g/mol. The number of aliphatic hydroxyl groups is 1. The lowest BCUT2D eigenvalue weighted by Gasteiger charge is -2.21. The summed E-state index contributed by atoms with van der Waals surface area (Å²) in [5, 5.41) is 10.6. The molecule has 0 bridgehead atoms. The highest BCUT2D eigenvalue weighted by Gasteiger charge is 2.30. The summed E-state index contributed by atoms with van der Waals surface area (Å²) >= 11 is 0. The number of esters is 4. The van der Waals surface area contributed by atoms with E-state index >= 15 is 0 Å². The van der Waals surface area contributed by atoms with Crippen LogP contribution in [0.5, 0.6) is 0 Å². The van der Waals surface area contributed by atoms with Gasteiger partial charge < -0.3 is 33.8 Å². The lowest BCUT2D eigenvalue weighted by atomic mass is 9.99. The minimum absolute atomic E-state index is 0.103. The van der Waals surface area contributed by atoms with Crippen LogP contribution in [0.1, 0.15) is 357 Å². The third kappa shape index (κ3) is 61.0. The molecule has 0 aliphatic carbocycles. The Labute approximate surface area is 549 Å². The average Bonchev–Trinajstić information content (AvgIpc) is 3.45. The third-order valence-corrected chi connectivity index (χ3v) is 19.4. The fraction of sp³-hybridized carbons (Fsp3) is 0.944. The predicted octanol–water partition coefficient (Wildman–Crippen LogP) is 20.2. The Kier molecular flexibility index (Phi) is 60.6. The number of unbranched alkanes of at least 4 members (excludes halogenated alkanes) is 34. The van der Waals surface area contributed by atoms with Crippen molar-refractivity contribution in [2.45, 2.75) is 375 Å². The van der Waals surface area contributed by atoms with Gasteiger partial charge in [0.2, 0.25) is 0 Å². The van der Waals surface area contributed by atoms with Gasteiger partial charge in [-0.05, 0) is 43.4 Å². The number of phosphoric acid groups is 2. The van der Waals surface area contributed by atoms with E-state index in [2.05, 4.69) is 48.5 Å². The van der Waals surface area contributed by atoms with Gasteiger partial charge in [-0.1, -0.05) is 305 Å². The van der Waals surface area contributed by atoms with Crippen molar-refractivity contribution in [2.24, 2.45) is 17.8 Å². The Hall–Kier alpha value is -1.94. The molecular formula is C71H138O17P2. The van der Waals surface area contributed by atoms with E-state index in [9.17, 15) is 43.2 Å². The van der Waals surface area contributed by atoms with Gasteiger partial charge in [0.25, 0.3) is 0 Å². The van der Waals surface area contributed by atoms with Crippen molar-refractivity contribution in [3.05, 3.63) is 0 Å². The normalized spacial score (nSPS) is 15.1. The van der Waals surface area contributed by atoms with Crippen molar-refractivity contribution in [3.63, 3.8) is 0 Å². The standard InChI is InChI=1S/C71H138O17P2/c1-8-12-13-14-15-30-38-45-52-68(73)81-59-67(88-71(76)55-48-41-34-33-37-44-51-64(7)11-4)61-86-90(79,80)84-57-65(72)56-83-89(77,78)85-60-66(58-82-69(74)53-46-39-31-26-23-22-25-29-36-43-50-63(6)10-3)87-70(75)54-47-40-32-27-21-19-17-16-18-20-24-28-35-42-49-62(5)9-2/h62-67,72H,8-61H2,1-7H3,(H,77,78)(H,79,80)/t62?,63?,64?,65-,66-,67-/m1/s1. The van der Waals surface area contributed by atoms with Crippen LogP contribution in [-0.4, -0.2) is 96.7 Å². The van der Waals surface area contributed by atoms with Gasteiger partial charge in [-0.3, -0.25) is 37.3 Å². The van der Waals surface area contributed by atoms with Gasteiger partial charge in [-0.15, -0.1) is 0 Å². The molecule has 0 radical (unpaired) electrons. The van der Waals surface area contributed by atoms with E-state index in [1.165, 1.54) is 161 Å². The SMILES string of the molecule is CCCCCCCCCCC(=O)OC[C@H](COP(=O)(O)OC[C@H](O)COP(=O)(O)OC[C@@H](COC(=O)CCCCCCCCCCCCC(C)CC)OC(=O)CCCCCCCCCCCCCCCCC(C)CC)OC(=O)CCCCCCCCC(C)CC. The Morgan fingerprint density at radius 2 is 0.533 bits per heavy atom. The number of carbonyl (C=O) groups excluding carboxylic acids is 4. The Morgan fingerprint density at radius 3 is 0.789 bits per heavy atom.